The van der Waals surface area contributed by atoms with Crippen LogP contribution in [0.1, 0.15) is 42.1 Å². The van der Waals surface area contributed by atoms with E-state index in [-0.39, 0.29) is 11.6 Å². The first-order valence-electron chi connectivity index (χ1n) is 10.2. The molecule has 1 atom stereocenters. The van der Waals surface area contributed by atoms with Crippen LogP contribution in [0.15, 0.2) is 40.7 Å². The van der Waals surface area contributed by atoms with E-state index >= 15 is 0 Å². The number of thiazole rings is 1. The summed E-state index contributed by atoms with van der Waals surface area (Å²) in [6, 6.07) is 10.9. The van der Waals surface area contributed by atoms with Crippen molar-refractivity contribution in [3.05, 3.63) is 52.0 Å². The molecule has 1 aromatic carbocycles. The van der Waals surface area contributed by atoms with Crippen molar-refractivity contribution < 1.29 is 4.74 Å². The average Bonchev–Trinajstić information content (AvgIpc) is 3.14. The number of aromatic nitrogens is 1. The largest absolute Gasteiger partial charge is 0.381 e. The fraction of sp³-hybridized carbons (Fsp3) is 0.545. The summed E-state index contributed by atoms with van der Waals surface area (Å²) in [5.74, 6) is 0.885. The van der Waals surface area contributed by atoms with Crippen LogP contribution in [0.2, 0.25) is 0 Å². The molecular formula is C22H33N5OS. The summed E-state index contributed by atoms with van der Waals surface area (Å²) in [6.45, 7) is 7.38. The van der Waals surface area contributed by atoms with Crippen LogP contribution in [0.3, 0.4) is 0 Å². The van der Waals surface area contributed by atoms with Gasteiger partial charge in [0.15, 0.2) is 5.96 Å². The number of aryl methyl sites for hydroxylation is 1. The number of guanidine groups is 1. The van der Waals surface area contributed by atoms with Crippen molar-refractivity contribution in [1.29, 1.82) is 0 Å². The molecule has 0 radical (unpaired) electrons. The standard InChI is InChI=1S/C22H33N5OS/c1-17(19-8-6-5-7-9-19)26-22(10-12-28-13-11-22)16-24-21(23-3)27(4)14-20-15-29-18(2)25-20/h5-9,15,17,26H,10-14,16H2,1-4H3,(H,23,24). The van der Waals surface area contributed by atoms with E-state index in [0.29, 0.717) is 0 Å². The maximum absolute atomic E-state index is 5.66. The lowest BCUT2D eigenvalue weighted by Gasteiger charge is -2.41. The van der Waals surface area contributed by atoms with Crippen LogP contribution >= 0.6 is 11.3 Å². The Labute approximate surface area is 178 Å². The van der Waals surface area contributed by atoms with Gasteiger partial charge < -0.3 is 20.3 Å². The second kappa shape index (κ2) is 10.2. The van der Waals surface area contributed by atoms with E-state index in [4.69, 9.17) is 4.74 Å². The highest BCUT2D eigenvalue weighted by molar-refractivity contribution is 7.09. The Kier molecular flexibility index (Phi) is 7.64. The van der Waals surface area contributed by atoms with Crippen LogP contribution in [-0.4, -0.2) is 55.2 Å². The summed E-state index contributed by atoms with van der Waals surface area (Å²) in [5.41, 5.74) is 2.36. The van der Waals surface area contributed by atoms with Crippen LogP contribution in [0.25, 0.3) is 0 Å². The van der Waals surface area contributed by atoms with Gasteiger partial charge in [0.25, 0.3) is 0 Å². The minimum atomic E-state index is -0.0263. The zero-order chi connectivity index (χ0) is 20.7. The molecule has 0 spiro atoms. The van der Waals surface area contributed by atoms with E-state index < -0.39 is 0 Å². The number of hydrogen-bond donors (Lipinski definition) is 2. The Morgan fingerprint density at radius 2 is 2.03 bits per heavy atom. The summed E-state index contributed by atoms with van der Waals surface area (Å²) < 4.78 is 5.66. The van der Waals surface area contributed by atoms with E-state index in [1.807, 2.05) is 14.0 Å². The molecule has 1 fully saturated rings. The monoisotopic (exact) mass is 415 g/mol. The van der Waals surface area contributed by atoms with Gasteiger partial charge in [0.05, 0.1) is 17.2 Å². The molecule has 158 valence electrons. The van der Waals surface area contributed by atoms with E-state index in [2.05, 4.69) is 75.2 Å². The van der Waals surface area contributed by atoms with Crippen LogP contribution in [-0.2, 0) is 11.3 Å². The van der Waals surface area contributed by atoms with Crippen molar-refractivity contribution in [1.82, 2.24) is 20.5 Å². The van der Waals surface area contributed by atoms with Gasteiger partial charge >= 0.3 is 0 Å². The number of rotatable bonds is 7. The van der Waals surface area contributed by atoms with Gasteiger partial charge in [-0.25, -0.2) is 4.98 Å². The third-order valence-corrected chi connectivity index (χ3v) is 6.32. The van der Waals surface area contributed by atoms with Gasteiger partial charge in [0.1, 0.15) is 0 Å². The fourth-order valence-corrected chi connectivity index (χ4v) is 4.45. The topological polar surface area (TPSA) is 61.8 Å². The number of nitrogens with one attached hydrogen (secondary N) is 2. The highest BCUT2D eigenvalue weighted by Crippen LogP contribution is 2.25. The SMILES string of the molecule is CN=C(NCC1(NC(C)c2ccccc2)CCOCC1)N(C)Cc1csc(C)n1. The van der Waals surface area contributed by atoms with Crippen molar-refractivity contribution in [2.24, 2.45) is 4.99 Å². The molecule has 1 unspecified atom stereocenters. The van der Waals surface area contributed by atoms with E-state index in [0.717, 1.165) is 55.8 Å². The van der Waals surface area contributed by atoms with Gasteiger partial charge in [-0.15, -0.1) is 11.3 Å². The minimum Gasteiger partial charge on any atom is -0.381 e. The molecule has 2 N–H and O–H groups in total. The molecule has 2 heterocycles. The third-order valence-electron chi connectivity index (χ3n) is 5.50. The Morgan fingerprint density at radius 1 is 1.31 bits per heavy atom. The second-order valence-electron chi connectivity index (χ2n) is 7.78. The molecule has 1 aliphatic heterocycles. The molecule has 1 aromatic heterocycles. The number of benzene rings is 1. The van der Waals surface area contributed by atoms with Gasteiger partial charge in [-0.05, 0) is 32.3 Å². The normalized spacial score (nSPS) is 17.7. The molecule has 0 bridgehead atoms. The number of hydrogen-bond acceptors (Lipinski definition) is 5. The van der Waals surface area contributed by atoms with Gasteiger partial charge in [-0.1, -0.05) is 30.3 Å². The molecule has 6 nitrogen and oxygen atoms in total. The zero-order valence-corrected chi connectivity index (χ0v) is 18.8. The molecule has 0 amide bonds. The van der Waals surface area contributed by atoms with Gasteiger partial charge in [-0.3, -0.25) is 4.99 Å². The first-order valence-corrected chi connectivity index (χ1v) is 11.1. The summed E-state index contributed by atoms with van der Waals surface area (Å²) >= 11 is 1.68. The van der Waals surface area contributed by atoms with Crippen LogP contribution < -0.4 is 10.6 Å². The second-order valence-corrected chi connectivity index (χ2v) is 8.85. The lowest BCUT2D eigenvalue weighted by molar-refractivity contribution is 0.0353. The third kappa shape index (κ3) is 6.01. The molecule has 0 saturated carbocycles. The van der Waals surface area contributed by atoms with Gasteiger partial charge in [-0.2, -0.15) is 0 Å². The Hall–Kier alpha value is -1.96. The quantitative estimate of drug-likeness (QED) is 0.536. The Balaban J connectivity index is 1.64. The van der Waals surface area contributed by atoms with Crippen molar-refractivity contribution >= 4 is 17.3 Å². The maximum atomic E-state index is 5.66. The van der Waals surface area contributed by atoms with E-state index in [9.17, 15) is 0 Å². The predicted molar refractivity (Wildman–Crippen MR) is 120 cm³/mol. The van der Waals surface area contributed by atoms with Crippen molar-refractivity contribution in [2.45, 2.75) is 44.8 Å². The molecule has 2 aromatic rings. The molecular weight excluding hydrogens is 382 g/mol. The van der Waals surface area contributed by atoms with Crippen molar-refractivity contribution in [3.8, 4) is 0 Å². The van der Waals surface area contributed by atoms with Crippen molar-refractivity contribution in [3.63, 3.8) is 0 Å². The molecule has 0 aliphatic carbocycles. The van der Waals surface area contributed by atoms with Crippen LogP contribution in [0, 0.1) is 6.92 Å². The maximum Gasteiger partial charge on any atom is 0.193 e. The zero-order valence-electron chi connectivity index (χ0n) is 17.9. The van der Waals surface area contributed by atoms with E-state index in [1.54, 1.807) is 11.3 Å². The summed E-state index contributed by atoms with van der Waals surface area (Å²) in [6.07, 6.45) is 1.95. The molecule has 3 rings (SSSR count). The number of ether oxygens (including phenoxy) is 1. The lowest BCUT2D eigenvalue weighted by atomic mass is 9.88. The molecule has 1 aliphatic rings. The molecule has 1 saturated heterocycles. The molecule has 29 heavy (non-hydrogen) atoms. The highest BCUT2D eigenvalue weighted by Gasteiger charge is 2.34. The van der Waals surface area contributed by atoms with E-state index in [1.165, 1.54) is 5.56 Å². The van der Waals surface area contributed by atoms with Gasteiger partial charge in [0.2, 0.25) is 0 Å². The van der Waals surface area contributed by atoms with Gasteiger partial charge in [0, 0.05) is 50.8 Å². The number of nitrogens with zero attached hydrogens (tertiary/aromatic N) is 3. The first kappa shape index (κ1) is 21.7. The smallest absolute Gasteiger partial charge is 0.193 e. The van der Waals surface area contributed by atoms with Crippen LogP contribution in [0.4, 0.5) is 0 Å². The fourth-order valence-electron chi connectivity index (χ4n) is 3.85. The summed E-state index contributed by atoms with van der Waals surface area (Å²) in [7, 11) is 3.89. The molecule has 7 heteroatoms. The lowest BCUT2D eigenvalue weighted by Crippen LogP contribution is -2.58. The predicted octanol–water partition coefficient (Wildman–Crippen LogP) is 3.36. The Bertz CT molecular complexity index is 786. The van der Waals surface area contributed by atoms with Crippen LogP contribution in [0.5, 0.6) is 0 Å². The minimum absolute atomic E-state index is 0.0263. The number of aliphatic imine (C=N–C) groups is 1. The summed E-state index contributed by atoms with van der Waals surface area (Å²) in [5, 5.41) is 10.7. The Morgan fingerprint density at radius 3 is 2.66 bits per heavy atom. The summed E-state index contributed by atoms with van der Waals surface area (Å²) in [4.78, 5) is 11.2. The highest BCUT2D eigenvalue weighted by atomic mass is 32.1. The van der Waals surface area contributed by atoms with Crippen molar-refractivity contribution in [2.75, 3.05) is 33.9 Å². The average molecular weight is 416 g/mol. The first-order chi connectivity index (χ1) is 14.0.